The summed E-state index contributed by atoms with van der Waals surface area (Å²) in [5, 5.41) is 6.89. The smallest absolute Gasteiger partial charge is 0.243 e. The minimum atomic E-state index is -3.39. The van der Waals surface area contributed by atoms with E-state index in [1.807, 2.05) is 12.1 Å². The van der Waals surface area contributed by atoms with Crippen LogP contribution in [0.4, 0.5) is 0 Å². The van der Waals surface area contributed by atoms with Crippen molar-refractivity contribution in [3.63, 3.8) is 0 Å². The van der Waals surface area contributed by atoms with E-state index in [2.05, 4.69) is 46.8 Å². The number of aryl methyl sites for hydroxylation is 1. The zero-order valence-corrected chi connectivity index (χ0v) is 22.1. The van der Waals surface area contributed by atoms with Crippen molar-refractivity contribution in [3.8, 4) is 0 Å². The highest BCUT2D eigenvalue weighted by Gasteiger charge is 2.29. The summed E-state index contributed by atoms with van der Waals surface area (Å²) in [5.74, 6) is 1.24. The molecule has 8 heteroatoms. The van der Waals surface area contributed by atoms with Crippen LogP contribution in [0.5, 0.6) is 0 Å². The second-order valence-corrected chi connectivity index (χ2v) is 10.1. The Balaban J connectivity index is 0.00000363. The number of benzene rings is 2. The van der Waals surface area contributed by atoms with Crippen LogP contribution >= 0.6 is 24.0 Å². The summed E-state index contributed by atoms with van der Waals surface area (Å²) in [4.78, 5) is 4.73. The molecule has 1 unspecified atom stereocenters. The number of halogens is 1. The molecular formula is C24H35IN4O2S. The number of hydrogen-bond acceptors (Lipinski definition) is 3. The Labute approximate surface area is 210 Å². The Kier molecular flexibility index (Phi) is 10.9. The zero-order chi connectivity index (χ0) is 22.1. The summed E-state index contributed by atoms with van der Waals surface area (Å²) in [5.41, 5.74) is 1.34. The summed E-state index contributed by atoms with van der Waals surface area (Å²) in [6.07, 6.45) is 3.75. The first-order valence-corrected chi connectivity index (χ1v) is 12.5. The number of nitrogens with zero attached hydrogens (tertiary/aromatic N) is 2. The maximum atomic E-state index is 12.8. The SMILES string of the molecule is CN=C(NCC1CCN(S(=O)(=O)c2ccccc2)CC1)NC(C)CCc1ccccc1.I. The van der Waals surface area contributed by atoms with Crippen LogP contribution in [-0.4, -0.2) is 51.4 Å². The minimum Gasteiger partial charge on any atom is -0.356 e. The Morgan fingerprint density at radius 2 is 1.66 bits per heavy atom. The van der Waals surface area contributed by atoms with Gasteiger partial charge in [-0.25, -0.2) is 8.42 Å². The van der Waals surface area contributed by atoms with Crippen LogP contribution in [0.1, 0.15) is 31.7 Å². The molecule has 1 fully saturated rings. The Bertz CT molecular complexity index is 931. The normalized spacial score (nSPS) is 16.8. The average molecular weight is 571 g/mol. The van der Waals surface area contributed by atoms with Gasteiger partial charge in [0.1, 0.15) is 0 Å². The third-order valence-electron chi connectivity index (χ3n) is 5.83. The monoisotopic (exact) mass is 570 g/mol. The highest BCUT2D eigenvalue weighted by Crippen LogP contribution is 2.23. The lowest BCUT2D eigenvalue weighted by molar-refractivity contribution is 0.273. The molecule has 1 aliphatic heterocycles. The molecule has 3 rings (SSSR count). The van der Waals surface area contributed by atoms with Crippen molar-refractivity contribution in [2.45, 2.75) is 43.5 Å². The third kappa shape index (κ3) is 7.74. The molecule has 176 valence electrons. The number of sulfonamides is 1. The van der Waals surface area contributed by atoms with E-state index in [-0.39, 0.29) is 24.0 Å². The van der Waals surface area contributed by atoms with Gasteiger partial charge in [-0.2, -0.15) is 4.31 Å². The van der Waals surface area contributed by atoms with E-state index in [0.29, 0.717) is 29.9 Å². The number of piperidine rings is 1. The van der Waals surface area contributed by atoms with E-state index in [4.69, 9.17) is 0 Å². The second-order valence-electron chi connectivity index (χ2n) is 8.18. The molecule has 0 aromatic heterocycles. The van der Waals surface area contributed by atoms with Crippen LogP contribution in [0.2, 0.25) is 0 Å². The van der Waals surface area contributed by atoms with Gasteiger partial charge in [0, 0.05) is 32.7 Å². The third-order valence-corrected chi connectivity index (χ3v) is 7.74. The van der Waals surface area contributed by atoms with E-state index in [1.54, 1.807) is 35.6 Å². The van der Waals surface area contributed by atoms with Crippen molar-refractivity contribution < 1.29 is 8.42 Å². The molecule has 1 saturated heterocycles. The average Bonchev–Trinajstić information content (AvgIpc) is 2.82. The van der Waals surface area contributed by atoms with Gasteiger partial charge in [-0.05, 0) is 56.2 Å². The van der Waals surface area contributed by atoms with Crippen LogP contribution in [0, 0.1) is 5.92 Å². The van der Waals surface area contributed by atoms with Gasteiger partial charge in [-0.3, -0.25) is 4.99 Å². The van der Waals surface area contributed by atoms with Gasteiger partial charge in [0.05, 0.1) is 4.90 Å². The van der Waals surface area contributed by atoms with E-state index >= 15 is 0 Å². The van der Waals surface area contributed by atoms with Crippen LogP contribution in [-0.2, 0) is 16.4 Å². The fourth-order valence-electron chi connectivity index (χ4n) is 3.86. The van der Waals surface area contributed by atoms with E-state index < -0.39 is 10.0 Å². The minimum absolute atomic E-state index is 0. The maximum absolute atomic E-state index is 12.8. The second kappa shape index (κ2) is 13.2. The molecule has 0 radical (unpaired) electrons. The summed E-state index contributed by atoms with van der Waals surface area (Å²) < 4.78 is 27.2. The molecule has 0 saturated carbocycles. The molecule has 1 atom stereocenters. The van der Waals surface area contributed by atoms with Crippen LogP contribution in [0.15, 0.2) is 70.6 Å². The van der Waals surface area contributed by atoms with Crippen LogP contribution < -0.4 is 10.6 Å². The molecule has 32 heavy (non-hydrogen) atoms. The van der Waals surface area contributed by atoms with E-state index in [1.165, 1.54) is 5.56 Å². The van der Waals surface area contributed by atoms with Gasteiger partial charge < -0.3 is 10.6 Å². The first-order valence-electron chi connectivity index (χ1n) is 11.1. The summed E-state index contributed by atoms with van der Waals surface area (Å²) in [7, 11) is -1.60. The molecule has 0 bridgehead atoms. The standard InChI is InChI=1S/C24H34N4O2S.HI/c1-20(13-14-21-9-5-3-6-10-21)27-24(25-2)26-19-22-15-17-28(18-16-22)31(29,30)23-11-7-4-8-12-23;/h3-12,20,22H,13-19H2,1-2H3,(H2,25,26,27);1H. The topological polar surface area (TPSA) is 73.8 Å². The van der Waals surface area contributed by atoms with Crippen molar-refractivity contribution in [3.05, 3.63) is 66.2 Å². The molecular weight excluding hydrogens is 535 g/mol. The quantitative estimate of drug-likeness (QED) is 0.287. The molecule has 1 heterocycles. The van der Waals surface area contributed by atoms with Gasteiger partial charge in [-0.1, -0.05) is 48.5 Å². The maximum Gasteiger partial charge on any atom is 0.243 e. The number of aliphatic imine (C=N–C) groups is 1. The van der Waals surface area contributed by atoms with E-state index in [0.717, 1.165) is 38.2 Å². The first kappa shape index (κ1) is 26.6. The molecule has 0 aliphatic carbocycles. The fraction of sp³-hybridized carbons (Fsp3) is 0.458. The molecule has 1 aliphatic rings. The highest BCUT2D eigenvalue weighted by atomic mass is 127. The van der Waals surface area contributed by atoms with Gasteiger partial charge in [0.15, 0.2) is 5.96 Å². The zero-order valence-electron chi connectivity index (χ0n) is 18.9. The number of hydrogen-bond donors (Lipinski definition) is 2. The largest absolute Gasteiger partial charge is 0.356 e. The summed E-state index contributed by atoms with van der Waals surface area (Å²) in [6, 6.07) is 19.5. The predicted octanol–water partition coefficient (Wildman–Crippen LogP) is 3.89. The number of guanidine groups is 1. The molecule has 0 amide bonds. The molecule has 2 N–H and O–H groups in total. The van der Waals surface area contributed by atoms with Crippen molar-refractivity contribution >= 4 is 40.0 Å². The Morgan fingerprint density at radius 3 is 2.25 bits per heavy atom. The highest BCUT2D eigenvalue weighted by molar-refractivity contribution is 14.0. The fourth-order valence-corrected chi connectivity index (χ4v) is 5.36. The lowest BCUT2D eigenvalue weighted by atomic mass is 9.98. The lowest BCUT2D eigenvalue weighted by Crippen LogP contribution is -2.46. The van der Waals surface area contributed by atoms with Crippen molar-refractivity contribution in [2.24, 2.45) is 10.9 Å². The first-order chi connectivity index (χ1) is 15.0. The van der Waals surface area contributed by atoms with Gasteiger partial charge in [0.25, 0.3) is 0 Å². The van der Waals surface area contributed by atoms with Gasteiger partial charge in [0.2, 0.25) is 10.0 Å². The molecule has 2 aromatic rings. The van der Waals surface area contributed by atoms with Crippen molar-refractivity contribution in [1.29, 1.82) is 0 Å². The summed E-state index contributed by atoms with van der Waals surface area (Å²) in [6.45, 7) is 4.08. The predicted molar refractivity (Wildman–Crippen MR) is 142 cm³/mol. The molecule has 6 nitrogen and oxygen atoms in total. The Hall–Kier alpha value is -1.65. The Morgan fingerprint density at radius 1 is 1.06 bits per heavy atom. The van der Waals surface area contributed by atoms with Gasteiger partial charge >= 0.3 is 0 Å². The van der Waals surface area contributed by atoms with Crippen molar-refractivity contribution in [2.75, 3.05) is 26.7 Å². The molecule has 0 spiro atoms. The number of rotatable bonds is 8. The molecule has 2 aromatic carbocycles. The van der Waals surface area contributed by atoms with Gasteiger partial charge in [-0.15, -0.1) is 24.0 Å². The van der Waals surface area contributed by atoms with E-state index in [9.17, 15) is 8.42 Å². The van der Waals surface area contributed by atoms with Crippen LogP contribution in [0.3, 0.4) is 0 Å². The summed E-state index contributed by atoms with van der Waals surface area (Å²) >= 11 is 0. The lowest BCUT2D eigenvalue weighted by Gasteiger charge is -2.31. The van der Waals surface area contributed by atoms with Crippen molar-refractivity contribution in [1.82, 2.24) is 14.9 Å². The van der Waals surface area contributed by atoms with Crippen LogP contribution in [0.25, 0.3) is 0 Å². The number of nitrogens with one attached hydrogen (secondary N) is 2.